The Balaban J connectivity index is 0.000000292. The van der Waals surface area contributed by atoms with Crippen LogP contribution >= 0.6 is 11.6 Å². The summed E-state index contributed by atoms with van der Waals surface area (Å²) in [5, 5.41) is 24.0. The molecule has 2 aromatic rings. The Bertz CT molecular complexity index is 1500. The summed E-state index contributed by atoms with van der Waals surface area (Å²) in [5.74, 6) is 0.399. The van der Waals surface area contributed by atoms with Crippen molar-refractivity contribution in [3.8, 4) is 11.5 Å². The molecule has 0 unspecified atom stereocenters. The number of non-ortho nitro benzene ring substituents is 2. The highest BCUT2D eigenvalue weighted by molar-refractivity contribution is 6.61. The Kier molecular flexibility index (Phi) is 15.8. The number of nitro benzene ring substituents is 2. The van der Waals surface area contributed by atoms with Crippen LogP contribution in [0.1, 0.15) is 41.5 Å². The lowest BCUT2D eigenvalue weighted by atomic mass is 10.2. The molecule has 3 amide bonds. The molecule has 0 saturated carbocycles. The van der Waals surface area contributed by atoms with Gasteiger partial charge in [-0.3, -0.25) is 20.2 Å². The molecular formula is C32H43ClN6O12. The summed E-state index contributed by atoms with van der Waals surface area (Å²) in [6.07, 6.45) is -1.16. The fourth-order valence-corrected chi connectivity index (χ4v) is 4.19. The Morgan fingerprint density at radius 1 is 0.608 bits per heavy atom. The number of nitrogens with one attached hydrogen (secondary N) is 1. The number of halogens is 1. The molecule has 0 bridgehead atoms. The smallest absolute Gasteiger partial charge is 0.415 e. The van der Waals surface area contributed by atoms with Gasteiger partial charge in [0.1, 0.15) is 22.7 Å². The van der Waals surface area contributed by atoms with Crippen LogP contribution in [0.2, 0.25) is 0 Å². The minimum Gasteiger partial charge on any atom is -0.444 e. The van der Waals surface area contributed by atoms with Crippen molar-refractivity contribution < 1.29 is 48.0 Å². The van der Waals surface area contributed by atoms with E-state index in [1.54, 1.807) is 30.6 Å². The van der Waals surface area contributed by atoms with Crippen LogP contribution in [0, 0.1) is 20.2 Å². The molecule has 1 N–H and O–H groups in total. The molecule has 2 heterocycles. The van der Waals surface area contributed by atoms with Gasteiger partial charge in [0, 0.05) is 88.2 Å². The highest BCUT2D eigenvalue weighted by Crippen LogP contribution is 2.20. The van der Waals surface area contributed by atoms with Crippen LogP contribution in [0.15, 0.2) is 48.5 Å². The summed E-state index contributed by atoms with van der Waals surface area (Å²) in [7, 11) is 0. The summed E-state index contributed by atoms with van der Waals surface area (Å²) in [4.78, 5) is 70.3. The molecule has 0 radical (unpaired) electrons. The first-order chi connectivity index (χ1) is 23.7. The number of carbonyl (C=O) groups excluding carboxylic acids is 4. The summed E-state index contributed by atoms with van der Waals surface area (Å²) in [6.45, 7) is 15.6. The maximum Gasteiger partial charge on any atom is 0.415 e. The van der Waals surface area contributed by atoms with E-state index in [1.807, 2.05) is 20.8 Å². The lowest BCUT2D eigenvalue weighted by molar-refractivity contribution is -0.385. The third kappa shape index (κ3) is 16.4. The van der Waals surface area contributed by atoms with E-state index in [-0.39, 0.29) is 34.6 Å². The van der Waals surface area contributed by atoms with E-state index in [1.165, 1.54) is 53.4 Å². The number of ether oxygens (including phenoxy) is 4. The van der Waals surface area contributed by atoms with Gasteiger partial charge >= 0.3 is 23.7 Å². The number of nitrogens with zero attached hydrogens (tertiary/aromatic N) is 5. The van der Waals surface area contributed by atoms with Crippen LogP contribution in [0.5, 0.6) is 11.5 Å². The van der Waals surface area contributed by atoms with Crippen LogP contribution in [0.25, 0.3) is 0 Å². The molecule has 0 atom stereocenters. The predicted octanol–water partition coefficient (Wildman–Crippen LogP) is 5.81. The molecule has 0 spiro atoms. The van der Waals surface area contributed by atoms with Crippen molar-refractivity contribution in [2.75, 3.05) is 52.4 Å². The Morgan fingerprint density at radius 3 is 1.27 bits per heavy atom. The lowest BCUT2D eigenvalue weighted by Crippen LogP contribution is -2.52. The molecule has 2 aromatic carbocycles. The van der Waals surface area contributed by atoms with Crippen molar-refractivity contribution in [1.82, 2.24) is 20.0 Å². The molecule has 4 rings (SSSR count). The zero-order valence-electron chi connectivity index (χ0n) is 29.3. The number of carbonyl (C=O) groups is 4. The van der Waals surface area contributed by atoms with Gasteiger partial charge in [0.15, 0.2) is 0 Å². The predicted molar refractivity (Wildman–Crippen MR) is 184 cm³/mol. The molecule has 51 heavy (non-hydrogen) atoms. The first kappa shape index (κ1) is 41.9. The van der Waals surface area contributed by atoms with Gasteiger partial charge in [-0.1, -0.05) is 0 Å². The molecular weight excluding hydrogens is 696 g/mol. The van der Waals surface area contributed by atoms with E-state index in [2.05, 4.69) is 10.1 Å². The van der Waals surface area contributed by atoms with Crippen LogP contribution in [-0.4, -0.2) is 112 Å². The monoisotopic (exact) mass is 738 g/mol. The van der Waals surface area contributed by atoms with Crippen molar-refractivity contribution in [2.45, 2.75) is 52.7 Å². The quantitative estimate of drug-likeness (QED) is 0.223. The standard InChI is InChI=1S/C16H21N3O6.C9H18N2O2.C7H4ClNO4/c1-16(2,3)25-15(21)18-10-8-17(9-11-18)14(20)24-13-6-4-12(5-7-13)19(22)23;1-9(2,3)13-8(12)11-6-4-10-5-7-11;8-7(10)13-6-3-1-5(2-4-6)9(11)12/h4-7H,8-11H2,1-3H3;10H,4-7H2,1-3H3;1-4H. The third-order valence-electron chi connectivity index (χ3n) is 6.46. The first-order valence-electron chi connectivity index (χ1n) is 15.7. The zero-order valence-corrected chi connectivity index (χ0v) is 30.0. The number of amides is 3. The fourth-order valence-electron chi connectivity index (χ4n) is 4.10. The lowest BCUT2D eigenvalue weighted by Gasteiger charge is -2.34. The molecule has 280 valence electrons. The van der Waals surface area contributed by atoms with Gasteiger partial charge in [0.05, 0.1) is 9.85 Å². The van der Waals surface area contributed by atoms with Crippen molar-refractivity contribution >= 4 is 46.7 Å². The average molecular weight is 739 g/mol. The van der Waals surface area contributed by atoms with Crippen LogP contribution < -0.4 is 14.8 Å². The van der Waals surface area contributed by atoms with Crippen molar-refractivity contribution in [3.63, 3.8) is 0 Å². The molecule has 2 aliphatic heterocycles. The van der Waals surface area contributed by atoms with Crippen molar-refractivity contribution in [1.29, 1.82) is 0 Å². The van der Waals surface area contributed by atoms with E-state index in [9.17, 15) is 39.4 Å². The van der Waals surface area contributed by atoms with E-state index in [4.69, 9.17) is 25.8 Å². The fraction of sp³-hybridized carbons (Fsp3) is 0.500. The topological polar surface area (TPSA) is 213 Å². The maximum atomic E-state index is 12.1. The summed E-state index contributed by atoms with van der Waals surface area (Å²) in [5.41, 5.74) is -2.08. The van der Waals surface area contributed by atoms with Crippen LogP contribution in [0.4, 0.5) is 30.6 Å². The number of rotatable bonds is 4. The SMILES string of the molecule is CC(C)(C)OC(=O)N1CCN(C(=O)Oc2ccc([N+](=O)[O-])cc2)CC1.CC(C)(C)OC(=O)N1CCNCC1.O=C(Cl)Oc1ccc([N+](=O)[O-])cc1. The van der Waals surface area contributed by atoms with Crippen molar-refractivity contribution in [2.24, 2.45) is 0 Å². The molecule has 0 aliphatic carbocycles. The Hall–Kier alpha value is -5.23. The van der Waals surface area contributed by atoms with E-state index >= 15 is 0 Å². The van der Waals surface area contributed by atoms with Crippen LogP contribution in [0.3, 0.4) is 0 Å². The second kappa shape index (κ2) is 19.2. The Morgan fingerprint density at radius 2 is 0.941 bits per heavy atom. The van der Waals surface area contributed by atoms with E-state index < -0.39 is 33.1 Å². The van der Waals surface area contributed by atoms with E-state index in [0.29, 0.717) is 26.2 Å². The molecule has 0 aromatic heterocycles. The minimum atomic E-state index is -0.978. The molecule has 2 saturated heterocycles. The average Bonchev–Trinajstić information content (AvgIpc) is 3.04. The molecule has 2 aliphatic rings. The highest BCUT2D eigenvalue weighted by atomic mass is 35.5. The number of hydrogen-bond acceptors (Lipinski definition) is 13. The number of nitro groups is 2. The summed E-state index contributed by atoms with van der Waals surface area (Å²) < 4.78 is 20.2. The minimum absolute atomic E-state index is 0.0747. The largest absolute Gasteiger partial charge is 0.444 e. The van der Waals surface area contributed by atoms with Crippen molar-refractivity contribution in [3.05, 3.63) is 68.8 Å². The molecule has 19 heteroatoms. The van der Waals surface area contributed by atoms with Crippen LogP contribution in [-0.2, 0) is 9.47 Å². The second-order valence-electron chi connectivity index (χ2n) is 12.9. The number of hydrogen-bond donors (Lipinski definition) is 1. The molecule has 2 fully saturated rings. The van der Waals surface area contributed by atoms with Gasteiger partial charge in [0.25, 0.3) is 11.4 Å². The summed E-state index contributed by atoms with van der Waals surface area (Å²) in [6, 6.07) is 10.3. The highest BCUT2D eigenvalue weighted by Gasteiger charge is 2.28. The van der Waals surface area contributed by atoms with Gasteiger partial charge in [-0.05, 0) is 65.8 Å². The zero-order chi connectivity index (χ0) is 38.4. The normalized spacial score (nSPS) is 14.4. The summed E-state index contributed by atoms with van der Waals surface area (Å²) >= 11 is 4.92. The van der Waals surface area contributed by atoms with Gasteiger partial charge in [-0.15, -0.1) is 0 Å². The molecule has 18 nitrogen and oxygen atoms in total. The van der Waals surface area contributed by atoms with Gasteiger partial charge in [-0.25, -0.2) is 19.2 Å². The first-order valence-corrected chi connectivity index (χ1v) is 16.1. The van der Waals surface area contributed by atoms with Gasteiger partial charge < -0.3 is 39.0 Å². The maximum absolute atomic E-state index is 12.1. The number of piperazine rings is 2. The van der Waals surface area contributed by atoms with Gasteiger partial charge in [0.2, 0.25) is 0 Å². The Labute approximate surface area is 299 Å². The number of benzene rings is 2. The van der Waals surface area contributed by atoms with Gasteiger partial charge in [-0.2, -0.15) is 0 Å². The third-order valence-corrected chi connectivity index (χ3v) is 6.53. The second-order valence-corrected chi connectivity index (χ2v) is 13.2. The van der Waals surface area contributed by atoms with E-state index in [0.717, 1.165) is 26.2 Å².